The van der Waals surface area contributed by atoms with Gasteiger partial charge >= 0.3 is 5.97 Å². The zero-order valence-corrected chi connectivity index (χ0v) is 9.77. The van der Waals surface area contributed by atoms with Crippen LogP contribution < -0.4 is 0 Å². The Kier molecular flexibility index (Phi) is 2.34. The molecular formula is C12H8FN3O3. The van der Waals surface area contributed by atoms with Crippen molar-refractivity contribution in [2.75, 3.05) is 0 Å². The largest absolute Gasteiger partial charge is 0.478 e. The van der Waals surface area contributed by atoms with E-state index in [-0.39, 0.29) is 0 Å². The van der Waals surface area contributed by atoms with Gasteiger partial charge in [-0.1, -0.05) is 0 Å². The second-order valence-electron chi connectivity index (χ2n) is 4.01. The van der Waals surface area contributed by atoms with Crippen molar-refractivity contribution in [1.29, 1.82) is 0 Å². The second kappa shape index (κ2) is 3.91. The molecule has 2 heterocycles. The fourth-order valence-electron chi connectivity index (χ4n) is 1.83. The lowest BCUT2D eigenvalue weighted by Crippen LogP contribution is -1.99. The second-order valence-corrected chi connectivity index (χ2v) is 4.01. The number of rotatable bonds is 2. The quantitative estimate of drug-likeness (QED) is 0.738. The van der Waals surface area contributed by atoms with Crippen molar-refractivity contribution in [2.45, 2.75) is 6.92 Å². The minimum Gasteiger partial charge on any atom is -0.478 e. The number of nitrogens with zero attached hydrogens (tertiary/aromatic N) is 2. The molecule has 7 heteroatoms. The zero-order valence-electron chi connectivity index (χ0n) is 9.77. The summed E-state index contributed by atoms with van der Waals surface area (Å²) in [7, 11) is 0. The number of halogens is 1. The molecule has 0 aliphatic rings. The van der Waals surface area contributed by atoms with Crippen molar-refractivity contribution in [1.82, 2.24) is 15.0 Å². The summed E-state index contributed by atoms with van der Waals surface area (Å²) in [6, 6.07) is 2.28. The summed E-state index contributed by atoms with van der Waals surface area (Å²) in [4.78, 5) is 21.8. The minimum atomic E-state index is -1.33. The van der Waals surface area contributed by atoms with Gasteiger partial charge in [-0.25, -0.2) is 19.2 Å². The third kappa shape index (κ3) is 1.75. The highest BCUT2D eigenvalue weighted by Crippen LogP contribution is 2.24. The van der Waals surface area contributed by atoms with Crippen LogP contribution in [0.3, 0.4) is 0 Å². The number of oxazole rings is 1. The molecule has 6 nitrogen and oxygen atoms in total. The smallest absolute Gasteiger partial charge is 0.338 e. The highest BCUT2D eigenvalue weighted by atomic mass is 19.1. The van der Waals surface area contributed by atoms with Crippen molar-refractivity contribution in [3.05, 3.63) is 35.6 Å². The van der Waals surface area contributed by atoms with Gasteiger partial charge in [0.2, 0.25) is 0 Å². The van der Waals surface area contributed by atoms with Gasteiger partial charge in [0, 0.05) is 6.07 Å². The fourth-order valence-corrected chi connectivity index (χ4v) is 1.83. The SMILES string of the molecule is Cc1ncoc1-c1nc2cc(C(=O)O)c(F)cc2[nH]1. The monoisotopic (exact) mass is 261 g/mol. The van der Waals surface area contributed by atoms with Gasteiger partial charge in [0.15, 0.2) is 18.0 Å². The van der Waals surface area contributed by atoms with E-state index in [4.69, 9.17) is 9.52 Å². The third-order valence-corrected chi connectivity index (χ3v) is 2.76. The Labute approximate surface area is 105 Å². The molecule has 0 aliphatic carbocycles. The van der Waals surface area contributed by atoms with Crippen LogP contribution in [0.2, 0.25) is 0 Å². The predicted molar refractivity (Wildman–Crippen MR) is 63.2 cm³/mol. The van der Waals surface area contributed by atoms with Crippen molar-refractivity contribution in [3.63, 3.8) is 0 Å². The molecule has 19 heavy (non-hydrogen) atoms. The highest BCUT2D eigenvalue weighted by Gasteiger charge is 2.16. The molecule has 0 amide bonds. The lowest BCUT2D eigenvalue weighted by Gasteiger charge is -1.95. The van der Waals surface area contributed by atoms with E-state index in [2.05, 4.69) is 15.0 Å². The summed E-state index contributed by atoms with van der Waals surface area (Å²) in [6.45, 7) is 1.75. The summed E-state index contributed by atoms with van der Waals surface area (Å²) in [6.07, 6.45) is 1.28. The Morgan fingerprint density at radius 1 is 1.47 bits per heavy atom. The van der Waals surface area contributed by atoms with E-state index in [1.807, 2.05) is 0 Å². The first-order chi connectivity index (χ1) is 9.06. The lowest BCUT2D eigenvalue weighted by molar-refractivity contribution is 0.0692. The van der Waals surface area contributed by atoms with Crippen molar-refractivity contribution in [3.8, 4) is 11.6 Å². The number of nitrogens with one attached hydrogen (secondary N) is 1. The van der Waals surface area contributed by atoms with Crippen molar-refractivity contribution in [2.24, 2.45) is 0 Å². The van der Waals surface area contributed by atoms with Crippen LogP contribution in [0.1, 0.15) is 16.1 Å². The van der Waals surface area contributed by atoms with Gasteiger partial charge < -0.3 is 14.5 Å². The number of imidazole rings is 1. The van der Waals surface area contributed by atoms with Crippen molar-refractivity contribution < 1.29 is 18.7 Å². The average Bonchev–Trinajstić information content (AvgIpc) is 2.92. The van der Waals surface area contributed by atoms with Crippen molar-refractivity contribution >= 4 is 17.0 Å². The van der Waals surface area contributed by atoms with E-state index in [0.717, 1.165) is 6.07 Å². The van der Waals surface area contributed by atoms with E-state index >= 15 is 0 Å². The summed E-state index contributed by atoms with van der Waals surface area (Å²) >= 11 is 0. The van der Waals surface area contributed by atoms with E-state index in [1.165, 1.54) is 12.5 Å². The van der Waals surface area contributed by atoms with Crippen LogP contribution in [0, 0.1) is 12.7 Å². The van der Waals surface area contributed by atoms with Crippen LogP contribution in [0.5, 0.6) is 0 Å². The Hall–Kier alpha value is -2.70. The predicted octanol–water partition coefficient (Wildman–Crippen LogP) is 2.36. The number of carboxylic acid groups (broad SMARTS) is 1. The molecule has 0 unspecified atom stereocenters. The number of aryl methyl sites for hydroxylation is 1. The van der Waals surface area contributed by atoms with Gasteiger partial charge in [-0.3, -0.25) is 0 Å². The first kappa shape index (κ1) is 11.4. The summed E-state index contributed by atoms with van der Waals surface area (Å²) < 4.78 is 18.7. The zero-order chi connectivity index (χ0) is 13.6. The topological polar surface area (TPSA) is 92.0 Å². The molecule has 3 rings (SSSR count). The van der Waals surface area contributed by atoms with Crippen LogP contribution in [0.4, 0.5) is 4.39 Å². The van der Waals surface area contributed by atoms with Crippen LogP contribution >= 0.6 is 0 Å². The van der Waals surface area contributed by atoms with E-state index in [0.29, 0.717) is 28.3 Å². The average molecular weight is 261 g/mol. The maximum atomic E-state index is 13.5. The molecule has 0 saturated carbocycles. The van der Waals surface area contributed by atoms with Gasteiger partial charge in [-0.05, 0) is 13.0 Å². The Balaban J connectivity index is 2.21. The lowest BCUT2D eigenvalue weighted by atomic mass is 10.2. The molecule has 3 aromatic rings. The number of benzene rings is 1. The van der Waals surface area contributed by atoms with Gasteiger partial charge in [0.1, 0.15) is 5.82 Å². The minimum absolute atomic E-state index is 0.351. The number of carboxylic acids is 1. The molecule has 2 N–H and O–H groups in total. The molecule has 0 saturated heterocycles. The first-order valence-corrected chi connectivity index (χ1v) is 5.39. The Morgan fingerprint density at radius 2 is 2.26 bits per heavy atom. The fraction of sp³-hybridized carbons (Fsp3) is 0.0833. The van der Waals surface area contributed by atoms with E-state index in [1.54, 1.807) is 6.92 Å². The van der Waals surface area contributed by atoms with Crippen LogP contribution in [-0.2, 0) is 0 Å². The number of aromatic nitrogens is 3. The van der Waals surface area contributed by atoms with Crippen LogP contribution in [0.15, 0.2) is 22.9 Å². The van der Waals surface area contributed by atoms with Gasteiger partial charge in [0.05, 0.1) is 22.3 Å². The highest BCUT2D eigenvalue weighted by molar-refractivity contribution is 5.93. The number of fused-ring (bicyclic) bond motifs is 1. The molecule has 0 atom stereocenters. The molecule has 2 aromatic heterocycles. The number of aromatic carboxylic acids is 1. The number of aromatic amines is 1. The maximum absolute atomic E-state index is 13.5. The molecule has 1 aromatic carbocycles. The van der Waals surface area contributed by atoms with Gasteiger partial charge in [-0.2, -0.15) is 0 Å². The molecule has 0 bridgehead atoms. The van der Waals surface area contributed by atoms with Crippen LogP contribution in [0.25, 0.3) is 22.6 Å². The summed E-state index contributed by atoms with van der Waals surface area (Å²) in [5, 5.41) is 8.85. The number of carbonyl (C=O) groups is 1. The molecule has 96 valence electrons. The first-order valence-electron chi connectivity index (χ1n) is 5.39. The number of hydrogen-bond donors (Lipinski definition) is 2. The summed E-state index contributed by atoms with van der Waals surface area (Å²) in [5.74, 6) is -1.33. The van der Waals surface area contributed by atoms with Crippen LogP contribution in [-0.4, -0.2) is 26.0 Å². The summed E-state index contributed by atoms with van der Waals surface area (Å²) in [5.41, 5.74) is 0.968. The Bertz CT molecular complexity index is 791. The maximum Gasteiger partial charge on any atom is 0.338 e. The standard InChI is InChI=1S/C12H8FN3O3/c1-5-10(19-4-14-5)11-15-8-2-6(12(17)18)7(13)3-9(8)16-11/h2-4H,1H3,(H,15,16)(H,17,18). The molecule has 0 fully saturated rings. The molecular weight excluding hydrogens is 253 g/mol. The van der Waals surface area contributed by atoms with E-state index in [9.17, 15) is 9.18 Å². The van der Waals surface area contributed by atoms with E-state index < -0.39 is 17.3 Å². The number of hydrogen-bond acceptors (Lipinski definition) is 4. The third-order valence-electron chi connectivity index (χ3n) is 2.76. The Morgan fingerprint density at radius 3 is 2.89 bits per heavy atom. The molecule has 0 spiro atoms. The normalized spacial score (nSPS) is 11.1. The number of H-pyrrole nitrogens is 1. The molecule has 0 radical (unpaired) electrons. The van der Waals surface area contributed by atoms with Gasteiger partial charge in [-0.15, -0.1) is 0 Å². The molecule has 0 aliphatic heterocycles. The van der Waals surface area contributed by atoms with Gasteiger partial charge in [0.25, 0.3) is 0 Å².